The summed E-state index contributed by atoms with van der Waals surface area (Å²) in [4.78, 5) is 12.2. The number of nitrogens with one attached hydrogen (secondary N) is 2. The lowest BCUT2D eigenvalue weighted by molar-refractivity contribution is -0.124. The van der Waals surface area contributed by atoms with Crippen LogP contribution in [0.15, 0.2) is 11.5 Å². The Morgan fingerprint density at radius 3 is 2.89 bits per heavy atom. The van der Waals surface area contributed by atoms with Crippen molar-refractivity contribution in [3.8, 4) is 0 Å². The molecular weight excluding hydrogens is 252 g/mol. The fourth-order valence-electron chi connectivity index (χ4n) is 3.41. The zero-order valence-corrected chi connectivity index (χ0v) is 10.9. The van der Waals surface area contributed by atoms with Gasteiger partial charge in [-0.1, -0.05) is 6.42 Å². The van der Waals surface area contributed by atoms with Crippen molar-refractivity contribution in [3.63, 3.8) is 0 Å². The lowest BCUT2D eigenvalue weighted by Crippen LogP contribution is -2.47. The van der Waals surface area contributed by atoms with Crippen LogP contribution in [0.2, 0.25) is 0 Å². The number of carbonyl (C=O) groups excluding carboxylic acids is 1. The lowest BCUT2D eigenvalue weighted by atomic mass is 9.93. The van der Waals surface area contributed by atoms with E-state index in [1.807, 2.05) is 0 Å². The van der Waals surface area contributed by atoms with Crippen LogP contribution < -0.4 is 10.6 Å². The third-order valence-electron chi connectivity index (χ3n) is 4.29. The molecule has 3 rings (SSSR count). The highest BCUT2D eigenvalue weighted by Gasteiger charge is 2.42. The van der Waals surface area contributed by atoms with Gasteiger partial charge in [-0.3, -0.25) is 4.79 Å². The Hall–Kier alpha value is -0.880. The van der Waals surface area contributed by atoms with E-state index in [0.29, 0.717) is 11.8 Å². The zero-order chi connectivity index (χ0) is 12.8. The minimum absolute atomic E-state index is 0.000441. The molecule has 1 amide bonds. The van der Waals surface area contributed by atoms with E-state index in [1.54, 1.807) is 6.08 Å². The first-order valence-corrected chi connectivity index (χ1v) is 8.21. The van der Waals surface area contributed by atoms with E-state index in [-0.39, 0.29) is 23.7 Å². The summed E-state index contributed by atoms with van der Waals surface area (Å²) < 4.78 is 22.5. The highest BCUT2D eigenvalue weighted by atomic mass is 32.2. The molecule has 100 valence electrons. The summed E-state index contributed by atoms with van der Waals surface area (Å²) in [5.41, 5.74) is 0. The Morgan fingerprint density at radius 2 is 2.17 bits per heavy atom. The predicted molar refractivity (Wildman–Crippen MR) is 67.5 cm³/mol. The predicted octanol–water partition coefficient (Wildman–Crippen LogP) is -0.199. The first kappa shape index (κ1) is 12.2. The fourth-order valence-corrected chi connectivity index (χ4v) is 4.65. The van der Waals surface area contributed by atoms with Crippen LogP contribution in [0.4, 0.5) is 0 Å². The molecule has 6 heteroatoms. The molecule has 1 saturated carbocycles. The minimum Gasteiger partial charge on any atom is -0.347 e. The molecule has 2 N–H and O–H groups in total. The highest BCUT2D eigenvalue weighted by molar-refractivity contribution is 7.94. The maximum absolute atomic E-state index is 12.2. The molecule has 4 atom stereocenters. The highest BCUT2D eigenvalue weighted by Crippen LogP contribution is 2.37. The maximum atomic E-state index is 12.2. The van der Waals surface area contributed by atoms with E-state index in [4.69, 9.17) is 0 Å². The van der Waals surface area contributed by atoms with Crippen LogP contribution in [0, 0.1) is 11.8 Å². The molecule has 4 unspecified atom stereocenters. The monoisotopic (exact) mass is 270 g/mol. The smallest absolute Gasteiger partial charge is 0.237 e. The second kappa shape index (κ2) is 4.35. The number of sulfone groups is 1. The molecule has 0 aromatic heterocycles. The summed E-state index contributed by atoms with van der Waals surface area (Å²) in [6, 6.07) is -0.487. The lowest BCUT2D eigenvalue weighted by Gasteiger charge is -2.19. The SMILES string of the molecule is O=C(NC1C=CS(=O)(=O)C1)C1NCC2CCCC21. The minimum atomic E-state index is -3.10. The van der Waals surface area contributed by atoms with Gasteiger partial charge in [-0.15, -0.1) is 0 Å². The van der Waals surface area contributed by atoms with Gasteiger partial charge in [-0.2, -0.15) is 0 Å². The van der Waals surface area contributed by atoms with Gasteiger partial charge in [0.05, 0.1) is 17.8 Å². The molecule has 0 radical (unpaired) electrons. The largest absolute Gasteiger partial charge is 0.347 e. The topological polar surface area (TPSA) is 75.3 Å². The van der Waals surface area contributed by atoms with Gasteiger partial charge in [0.1, 0.15) is 0 Å². The third-order valence-corrected chi connectivity index (χ3v) is 5.68. The second-order valence-electron chi connectivity index (χ2n) is 5.51. The average Bonchev–Trinajstić information content (AvgIpc) is 2.92. The molecule has 2 heterocycles. The number of hydrogen-bond acceptors (Lipinski definition) is 4. The van der Waals surface area contributed by atoms with Crippen LogP contribution >= 0.6 is 0 Å². The van der Waals surface area contributed by atoms with Crippen LogP contribution in [-0.4, -0.2) is 38.7 Å². The van der Waals surface area contributed by atoms with E-state index < -0.39 is 9.84 Å². The molecular formula is C12H18N2O3S. The molecule has 0 aromatic rings. The molecule has 1 aliphatic carbocycles. The van der Waals surface area contributed by atoms with Crippen molar-refractivity contribution < 1.29 is 13.2 Å². The van der Waals surface area contributed by atoms with Gasteiger partial charge >= 0.3 is 0 Å². The molecule has 5 nitrogen and oxygen atoms in total. The van der Waals surface area contributed by atoms with Gasteiger partial charge in [0.15, 0.2) is 9.84 Å². The van der Waals surface area contributed by atoms with Gasteiger partial charge in [0, 0.05) is 5.41 Å². The number of carbonyl (C=O) groups is 1. The quantitative estimate of drug-likeness (QED) is 0.729. The fraction of sp³-hybridized carbons (Fsp3) is 0.750. The molecule has 2 fully saturated rings. The molecule has 0 aromatic carbocycles. The van der Waals surface area contributed by atoms with E-state index >= 15 is 0 Å². The Bertz CT molecular complexity index is 486. The number of amides is 1. The molecule has 0 bridgehead atoms. The Balaban J connectivity index is 1.61. The third kappa shape index (κ3) is 2.19. The van der Waals surface area contributed by atoms with Crippen molar-refractivity contribution in [1.29, 1.82) is 0 Å². The summed E-state index contributed by atoms with van der Waals surface area (Å²) in [6.07, 6.45) is 5.08. The number of hydrogen-bond donors (Lipinski definition) is 2. The standard InChI is InChI=1S/C12H18N2O3S/c15-12(14-9-4-5-18(16,17)7-9)11-10-3-1-2-8(10)6-13-11/h4-5,8-11,13H,1-3,6-7H2,(H,14,15). The van der Waals surface area contributed by atoms with E-state index in [0.717, 1.165) is 13.0 Å². The Labute approximate surface area is 107 Å². The van der Waals surface area contributed by atoms with Crippen LogP contribution in [0.3, 0.4) is 0 Å². The van der Waals surface area contributed by atoms with Crippen LogP contribution in [0.1, 0.15) is 19.3 Å². The number of fused-ring (bicyclic) bond motifs is 1. The summed E-state index contributed by atoms with van der Waals surface area (Å²) in [5.74, 6) is 1.02. The molecule has 3 aliphatic rings. The maximum Gasteiger partial charge on any atom is 0.237 e. The van der Waals surface area contributed by atoms with Crippen molar-refractivity contribution >= 4 is 15.7 Å². The van der Waals surface area contributed by atoms with E-state index in [1.165, 1.54) is 18.2 Å². The van der Waals surface area contributed by atoms with Crippen molar-refractivity contribution in [2.24, 2.45) is 11.8 Å². The van der Waals surface area contributed by atoms with Crippen molar-refractivity contribution in [2.75, 3.05) is 12.3 Å². The van der Waals surface area contributed by atoms with Gasteiger partial charge in [0.2, 0.25) is 5.91 Å². The van der Waals surface area contributed by atoms with Gasteiger partial charge in [0.25, 0.3) is 0 Å². The summed E-state index contributed by atoms with van der Waals surface area (Å²) >= 11 is 0. The normalized spacial score (nSPS) is 40.9. The number of rotatable bonds is 2. The van der Waals surface area contributed by atoms with Gasteiger partial charge in [-0.05, 0) is 37.3 Å². The summed E-state index contributed by atoms with van der Waals surface area (Å²) in [6.45, 7) is 0.918. The Morgan fingerprint density at radius 1 is 1.33 bits per heavy atom. The second-order valence-corrected chi connectivity index (χ2v) is 7.45. The van der Waals surface area contributed by atoms with Crippen molar-refractivity contribution in [1.82, 2.24) is 10.6 Å². The first-order valence-electron chi connectivity index (χ1n) is 6.50. The Kier molecular flexibility index (Phi) is 2.94. The summed E-state index contributed by atoms with van der Waals surface area (Å²) in [7, 11) is -3.10. The first-order chi connectivity index (χ1) is 8.55. The van der Waals surface area contributed by atoms with Crippen LogP contribution in [-0.2, 0) is 14.6 Å². The van der Waals surface area contributed by atoms with Crippen molar-refractivity contribution in [2.45, 2.75) is 31.3 Å². The van der Waals surface area contributed by atoms with Gasteiger partial charge < -0.3 is 10.6 Å². The van der Waals surface area contributed by atoms with Crippen LogP contribution in [0.5, 0.6) is 0 Å². The zero-order valence-electron chi connectivity index (χ0n) is 10.1. The molecule has 18 heavy (non-hydrogen) atoms. The van der Waals surface area contributed by atoms with Crippen molar-refractivity contribution in [3.05, 3.63) is 11.5 Å². The van der Waals surface area contributed by atoms with E-state index in [2.05, 4.69) is 10.6 Å². The molecule has 2 aliphatic heterocycles. The van der Waals surface area contributed by atoms with Gasteiger partial charge in [-0.25, -0.2) is 8.42 Å². The average molecular weight is 270 g/mol. The molecule has 0 spiro atoms. The molecule has 1 saturated heterocycles. The van der Waals surface area contributed by atoms with E-state index in [9.17, 15) is 13.2 Å². The summed E-state index contributed by atoms with van der Waals surface area (Å²) in [5, 5.41) is 7.28. The van der Waals surface area contributed by atoms with Crippen LogP contribution in [0.25, 0.3) is 0 Å².